The average molecular weight is 238 g/mol. The first-order valence-electron chi connectivity index (χ1n) is 6.84. The lowest BCUT2D eigenvalue weighted by Crippen LogP contribution is -2.46. The number of aliphatic imine (C=N–C) groups is 1. The van der Waals surface area contributed by atoms with E-state index in [1.54, 1.807) is 0 Å². The van der Waals surface area contributed by atoms with Gasteiger partial charge in [-0.05, 0) is 45.7 Å². The number of rotatable bonds is 4. The summed E-state index contributed by atoms with van der Waals surface area (Å²) in [5.41, 5.74) is 0. The molecule has 1 aliphatic heterocycles. The van der Waals surface area contributed by atoms with E-state index in [0.717, 1.165) is 31.5 Å². The standard InChI is InChI=1S/C13H26N4/c1-14-13(17-8-4-5-9-17)15-10-12(16(2)3)11-6-7-11/h11-12H,4-10H2,1-3H3,(H,14,15). The van der Waals surface area contributed by atoms with Crippen LogP contribution in [-0.2, 0) is 0 Å². The molecule has 1 saturated carbocycles. The first-order chi connectivity index (χ1) is 8.22. The molecule has 0 aromatic rings. The fourth-order valence-corrected chi connectivity index (χ4v) is 2.71. The highest BCUT2D eigenvalue weighted by Gasteiger charge is 2.32. The molecule has 2 rings (SSSR count). The van der Waals surface area contributed by atoms with Crippen LogP contribution in [-0.4, -0.2) is 62.6 Å². The van der Waals surface area contributed by atoms with Crippen LogP contribution in [0.3, 0.4) is 0 Å². The Kier molecular flexibility index (Phi) is 4.26. The Balaban J connectivity index is 1.82. The van der Waals surface area contributed by atoms with Crippen LogP contribution in [0.2, 0.25) is 0 Å². The monoisotopic (exact) mass is 238 g/mol. The molecular formula is C13H26N4. The van der Waals surface area contributed by atoms with Crippen molar-refractivity contribution in [3.05, 3.63) is 0 Å². The van der Waals surface area contributed by atoms with E-state index >= 15 is 0 Å². The van der Waals surface area contributed by atoms with E-state index in [4.69, 9.17) is 0 Å². The lowest BCUT2D eigenvalue weighted by atomic mass is 10.1. The highest BCUT2D eigenvalue weighted by molar-refractivity contribution is 5.80. The van der Waals surface area contributed by atoms with Gasteiger partial charge in [0, 0.05) is 32.7 Å². The third-order valence-electron chi connectivity index (χ3n) is 3.92. The van der Waals surface area contributed by atoms with Gasteiger partial charge in [0.15, 0.2) is 5.96 Å². The molecule has 0 spiro atoms. The fraction of sp³-hybridized carbons (Fsp3) is 0.923. The highest BCUT2D eigenvalue weighted by Crippen LogP contribution is 2.34. The summed E-state index contributed by atoms with van der Waals surface area (Å²) < 4.78 is 0. The van der Waals surface area contributed by atoms with Gasteiger partial charge in [-0.3, -0.25) is 4.99 Å². The van der Waals surface area contributed by atoms with Gasteiger partial charge in [0.2, 0.25) is 0 Å². The maximum absolute atomic E-state index is 4.39. The zero-order chi connectivity index (χ0) is 12.3. The molecule has 4 nitrogen and oxygen atoms in total. The molecule has 1 N–H and O–H groups in total. The lowest BCUT2D eigenvalue weighted by Gasteiger charge is -2.27. The van der Waals surface area contributed by atoms with Gasteiger partial charge < -0.3 is 15.1 Å². The molecule has 0 amide bonds. The van der Waals surface area contributed by atoms with Crippen LogP contribution in [0.15, 0.2) is 4.99 Å². The molecule has 2 fully saturated rings. The number of hydrogen-bond acceptors (Lipinski definition) is 2. The van der Waals surface area contributed by atoms with E-state index in [2.05, 4.69) is 34.2 Å². The van der Waals surface area contributed by atoms with Crippen molar-refractivity contribution in [3.8, 4) is 0 Å². The van der Waals surface area contributed by atoms with Gasteiger partial charge in [-0.2, -0.15) is 0 Å². The molecule has 1 aliphatic carbocycles. The molecule has 1 atom stereocenters. The average Bonchev–Trinajstić information content (AvgIpc) is 2.99. The van der Waals surface area contributed by atoms with E-state index in [9.17, 15) is 0 Å². The number of nitrogens with zero attached hydrogens (tertiary/aromatic N) is 3. The van der Waals surface area contributed by atoms with Gasteiger partial charge in [0.1, 0.15) is 0 Å². The molecule has 1 saturated heterocycles. The maximum atomic E-state index is 4.39. The summed E-state index contributed by atoms with van der Waals surface area (Å²) in [5.74, 6) is 1.99. The SMILES string of the molecule is CN=C(NCC(C1CC1)N(C)C)N1CCCC1. The van der Waals surface area contributed by atoms with E-state index in [-0.39, 0.29) is 0 Å². The molecule has 0 aromatic carbocycles. The summed E-state index contributed by atoms with van der Waals surface area (Å²) in [6, 6.07) is 0.661. The largest absolute Gasteiger partial charge is 0.355 e. The Hall–Kier alpha value is -0.770. The number of hydrogen-bond donors (Lipinski definition) is 1. The number of guanidine groups is 1. The van der Waals surface area contributed by atoms with Crippen molar-refractivity contribution in [2.75, 3.05) is 40.8 Å². The number of likely N-dealkylation sites (tertiary alicyclic amines) is 1. The molecule has 17 heavy (non-hydrogen) atoms. The summed E-state index contributed by atoms with van der Waals surface area (Å²) >= 11 is 0. The van der Waals surface area contributed by atoms with E-state index in [1.807, 2.05) is 7.05 Å². The molecular weight excluding hydrogens is 212 g/mol. The molecule has 1 heterocycles. The number of likely N-dealkylation sites (N-methyl/N-ethyl adjacent to an activating group) is 1. The maximum Gasteiger partial charge on any atom is 0.193 e. The van der Waals surface area contributed by atoms with Crippen molar-refractivity contribution < 1.29 is 0 Å². The summed E-state index contributed by atoms with van der Waals surface area (Å²) in [5, 5.41) is 3.55. The van der Waals surface area contributed by atoms with E-state index in [0.29, 0.717) is 6.04 Å². The molecule has 0 bridgehead atoms. The fourth-order valence-electron chi connectivity index (χ4n) is 2.71. The van der Waals surface area contributed by atoms with Gasteiger partial charge in [0.05, 0.1) is 0 Å². The second-order valence-corrected chi connectivity index (χ2v) is 5.49. The predicted molar refractivity (Wildman–Crippen MR) is 72.4 cm³/mol. The molecule has 1 unspecified atom stereocenters. The van der Waals surface area contributed by atoms with Crippen LogP contribution in [0.4, 0.5) is 0 Å². The molecule has 4 heteroatoms. The van der Waals surface area contributed by atoms with Crippen molar-refractivity contribution in [1.29, 1.82) is 0 Å². The topological polar surface area (TPSA) is 30.9 Å². The van der Waals surface area contributed by atoms with E-state index < -0.39 is 0 Å². The third kappa shape index (κ3) is 3.35. The molecule has 2 aliphatic rings. The predicted octanol–water partition coefficient (Wildman–Crippen LogP) is 0.998. The van der Waals surface area contributed by atoms with Gasteiger partial charge in [-0.15, -0.1) is 0 Å². The second-order valence-electron chi connectivity index (χ2n) is 5.49. The van der Waals surface area contributed by atoms with Crippen molar-refractivity contribution in [2.45, 2.75) is 31.7 Å². The quantitative estimate of drug-likeness (QED) is 0.585. The molecule has 0 radical (unpaired) electrons. The van der Waals surface area contributed by atoms with Crippen LogP contribution in [0, 0.1) is 5.92 Å². The summed E-state index contributed by atoms with van der Waals surface area (Å²) in [7, 11) is 6.26. The Labute approximate surface area is 105 Å². The van der Waals surface area contributed by atoms with Gasteiger partial charge in [-0.25, -0.2) is 0 Å². The summed E-state index contributed by atoms with van der Waals surface area (Å²) in [6.45, 7) is 3.35. The first-order valence-corrected chi connectivity index (χ1v) is 6.84. The van der Waals surface area contributed by atoms with Gasteiger partial charge in [0.25, 0.3) is 0 Å². The van der Waals surface area contributed by atoms with Crippen LogP contribution in [0.25, 0.3) is 0 Å². The van der Waals surface area contributed by atoms with Crippen molar-refractivity contribution in [2.24, 2.45) is 10.9 Å². The van der Waals surface area contributed by atoms with Gasteiger partial charge in [-0.1, -0.05) is 0 Å². The minimum absolute atomic E-state index is 0.661. The Morgan fingerprint density at radius 3 is 2.47 bits per heavy atom. The molecule has 0 aromatic heterocycles. The zero-order valence-electron chi connectivity index (χ0n) is 11.4. The second kappa shape index (κ2) is 5.71. The van der Waals surface area contributed by atoms with Crippen LogP contribution in [0.5, 0.6) is 0 Å². The summed E-state index contributed by atoms with van der Waals surface area (Å²) in [4.78, 5) is 9.12. The lowest BCUT2D eigenvalue weighted by molar-refractivity contribution is 0.262. The van der Waals surface area contributed by atoms with Crippen molar-refractivity contribution in [1.82, 2.24) is 15.1 Å². The zero-order valence-corrected chi connectivity index (χ0v) is 11.4. The minimum Gasteiger partial charge on any atom is -0.355 e. The normalized spacial score (nSPS) is 23.3. The first kappa shape index (κ1) is 12.7. The third-order valence-corrected chi connectivity index (χ3v) is 3.92. The van der Waals surface area contributed by atoms with Crippen molar-refractivity contribution in [3.63, 3.8) is 0 Å². The Bertz CT molecular complexity index is 263. The smallest absolute Gasteiger partial charge is 0.193 e. The molecule has 98 valence electrons. The minimum atomic E-state index is 0.661. The van der Waals surface area contributed by atoms with Crippen LogP contribution >= 0.6 is 0 Å². The van der Waals surface area contributed by atoms with Crippen LogP contribution in [0.1, 0.15) is 25.7 Å². The summed E-state index contributed by atoms with van der Waals surface area (Å²) in [6.07, 6.45) is 5.40. The van der Waals surface area contributed by atoms with Crippen LogP contribution < -0.4 is 5.32 Å². The number of nitrogens with one attached hydrogen (secondary N) is 1. The Morgan fingerprint density at radius 1 is 1.35 bits per heavy atom. The van der Waals surface area contributed by atoms with Crippen molar-refractivity contribution >= 4 is 5.96 Å². The highest BCUT2D eigenvalue weighted by atomic mass is 15.3. The van der Waals surface area contributed by atoms with Gasteiger partial charge >= 0.3 is 0 Å². The Morgan fingerprint density at radius 2 is 2.00 bits per heavy atom. The van der Waals surface area contributed by atoms with E-state index in [1.165, 1.54) is 25.7 Å².